The smallest absolute Gasteiger partial charge is 0.240 e. The molecule has 1 heterocycles. The fraction of sp³-hybridized carbons (Fsp3) is 0.357. The molecule has 1 atom stereocenters. The van der Waals surface area contributed by atoms with Gasteiger partial charge in [-0.15, -0.1) is 0 Å². The molecular weight excluding hydrogens is 288 g/mol. The van der Waals surface area contributed by atoms with Crippen molar-refractivity contribution in [3.05, 3.63) is 48.0 Å². The summed E-state index contributed by atoms with van der Waals surface area (Å²) in [6.45, 7) is 2.23. The summed E-state index contributed by atoms with van der Waals surface area (Å²) in [4.78, 5) is 7.33. The van der Waals surface area contributed by atoms with Gasteiger partial charge in [-0.05, 0) is 31.0 Å². The summed E-state index contributed by atoms with van der Waals surface area (Å²) in [5, 5.41) is 0. The normalized spacial score (nSPS) is 13.2. The molecule has 1 aromatic heterocycles. The summed E-state index contributed by atoms with van der Waals surface area (Å²) >= 11 is 0. The Morgan fingerprint density at radius 1 is 1.33 bits per heavy atom. The van der Waals surface area contributed by atoms with Crippen molar-refractivity contribution in [2.24, 2.45) is 5.73 Å². The Balaban J connectivity index is 1.89. The number of rotatable bonds is 7. The van der Waals surface area contributed by atoms with Gasteiger partial charge in [0.1, 0.15) is 5.82 Å². The third-order valence-corrected chi connectivity index (χ3v) is 4.63. The van der Waals surface area contributed by atoms with Gasteiger partial charge in [-0.1, -0.05) is 12.1 Å². The van der Waals surface area contributed by atoms with Crippen LogP contribution in [0.3, 0.4) is 0 Å². The topological polar surface area (TPSA) is 101 Å². The first-order valence-corrected chi connectivity index (χ1v) is 8.31. The Kier molecular flexibility index (Phi) is 5.11. The van der Waals surface area contributed by atoms with E-state index in [1.165, 1.54) is 0 Å². The first-order chi connectivity index (χ1) is 9.99. The van der Waals surface area contributed by atoms with Crippen molar-refractivity contribution in [1.82, 2.24) is 14.7 Å². The lowest BCUT2D eigenvalue weighted by atomic mass is 10.1. The molecule has 0 spiro atoms. The van der Waals surface area contributed by atoms with E-state index in [0.717, 1.165) is 11.4 Å². The minimum atomic E-state index is -3.47. The van der Waals surface area contributed by atoms with Crippen LogP contribution in [0.2, 0.25) is 0 Å². The van der Waals surface area contributed by atoms with E-state index in [0.29, 0.717) is 19.4 Å². The van der Waals surface area contributed by atoms with E-state index in [9.17, 15) is 8.42 Å². The van der Waals surface area contributed by atoms with Gasteiger partial charge in [0.2, 0.25) is 10.0 Å². The van der Waals surface area contributed by atoms with Gasteiger partial charge in [-0.2, -0.15) is 0 Å². The molecule has 21 heavy (non-hydrogen) atoms. The molecule has 1 aromatic carbocycles. The second-order valence-electron chi connectivity index (χ2n) is 4.89. The van der Waals surface area contributed by atoms with Crippen LogP contribution in [0, 0.1) is 0 Å². The summed E-state index contributed by atoms with van der Waals surface area (Å²) in [6.07, 6.45) is 4.82. The zero-order valence-electron chi connectivity index (χ0n) is 11.9. The van der Waals surface area contributed by atoms with Crippen LogP contribution < -0.4 is 10.5 Å². The molecule has 1 unspecified atom stereocenters. The van der Waals surface area contributed by atoms with Crippen molar-refractivity contribution in [2.75, 3.05) is 6.54 Å². The highest BCUT2D eigenvalue weighted by atomic mass is 32.2. The summed E-state index contributed by atoms with van der Waals surface area (Å²) in [7, 11) is -3.47. The number of aryl methyl sites for hydroxylation is 1. The molecule has 0 saturated carbocycles. The number of nitrogens with one attached hydrogen (secondary N) is 2. The Morgan fingerprint density at radius 3 is 2.62 bits per heavy atom. The monoisotopic (exact) mass is 308 g/mol. The van der Waals surface area contributed by atoms with Crippen LogP contribution in [0.5, 0.6) is 0 Å². The number of hydrogen-bond donors (Lipinski definition) is 3. The number of imidazole rings is 1. The SMILES string of the molecule is CC(N)c1ccc(S(=O)(=O)NCCCc2ncc[nH]2)cc1. The van der Waals surface area contributed by atoms with Crippen LogP contribution >= 0.6 is 0 Å². The predicted molar refractivity (Wildman–Crippen MR) is 81.1 cm³/mol. The first kappa shape index (κ1) is 15.7. The molecule has 4 N–H and O–H groups in total. The van der Waals surface area contributed by atoms with Crippen LogP contribution in [0.4, 0.5) is 0 Å². The second-order valence-corrected chi connectivity index (χ2v) is 6.66. The Labute approximate surface area is 124 Å². The highest BCUT2D eigenvalue weighted by Gasteiger charge is 2.13. The average molecular weight is 308 g/mol. The maximum absolute atomic E-state index is 12.1. The summed E-state index contributed by atoms with van der Waals surface area (Å²) in [5.74, 6) is 0.857. The van der Waals surface area contributed by atoms with Crippen LogP contribution in [0.15, 0.2) is 41.6 Å². The van der Waals surface area contributed by atoms with E-state index in [-0.39, 0.29) is 10.9 Å². The van der Waals surface area contributed by atoms with E-state index in [2.05, 4.69) is 14.7 Å². The molecule has 0 radical (unpaired) electrons. The summed E-state index contributed by atoms with van der Waals surface area (Å²) in [5.41, 5.74) is 6.65. The molecule has 2 rings (SSSR count). The number of hydrogen-bond acceptors (Lipinski definition) is 4. The summed E-state index contributed by atoms with van der Waals surface area (Å²) < 4.78 is 26.8. The largest absolute Gasteiger partial charge is 0.349 e. The van der Waals surface area contributed by atoms with Crippen molar-refractivity contribution in [1.29, 1.82) is 0 Å². The van der Waals surface area contributed by atoms with Crippen LogP contribution in [-0.4, -0.2) is 24.9 Å². The molecule has 0 saturated heterocycles. The van der Waals surface area contributed by atoms with E-state index in [4.69, 9.17) is 5.73 Å². The van der Waals surface area contributed by atoms with E-state index in [1.807, 2.05) is 6.92 Å². The van der Waals surface area contributed by atoms with Gasteiger partial charge in [-0.3, -0.25) is 0 Å². The minimum Gasteiger partial charge on any atom is -0.349 e. The number of nitrogens with zero attached hydrogens (tertiary/aromatic N) is 1. The highest BCUT2D eigenvalue weighted by molar-refractivity contribution is 7.89. The van der Waals surface area contributed by atoms with E-state index in [1.54, 1.807) is 36.7 Å². The van der Waals surface area contributed by atoms with Gasteiger partial charge in [0.05, 0.1) is 4.90 Å². The van der Waals surface area contributed by atoms with Gasteiger partial charge in [0.25, 0.3) is 0 Å². The number of H-pyrrole nitrogens is 1. The standard InChI is InChI=1S/C14H20N4O2S/c1-11(15)12-4-6-13(7-5-12)21(19,20)18-8-2-3-14-16-9-10-17-14/h4-7,9-11,18H,2-3,8,15H2,1H3,(H,16,17). The van der Waals surface area contributed by atoms with Gasteiger partial charge in [-0.25, -0.2) is 18.1 Å². The van der Waals surface area contributed by atoms with Crippen LogP contribution in [0.25, 0.3) is 0 Å². The Bertz CT molecular complexity index is 649. The predicted octanol–water partition coefficient (Wildman–Crippen LogP) is 1.34. The fourth-order valence-corrected chi connectivity index (χ4v) is 3.01. The molecule has 0 amide bonds. The molecule has 0 aliphatic heterocycles. The number of benzene rings is 1. The van der Waals surface area contributed by atoms with Crippen LogP contribution in [-0.2, 0) is 16.4 Å². The van der Waals surface area contributed by atoms with Crippen LogP contribution in [0.1, 0.15) is 30.8 Å². The molecule has 114 valence electrons. The molecule has 6 nitrogen and oxygen atoms in total. The third-order valence-electron chi connectivity index (χ3n) is 3.15. The molecule has 0 aliphatic carbocycles. The Hall–Kier alpha value is -1.70. The first-order valence-electron chi connectivity index (χ1n) is 6.82. The molecular formula is C14H20N4O2S. The lowest BCUT2D eigenvalue weighted by molar-refractivity contribution is 0.578. The fourth-order valence-electron chi connectivity index (χ4n) is 1.93. The number of nitrogens with two attached hydrogens (primary N) is 1. The lowest BCUT2D eigenvalue weighted by Gasteiger charge is -2.09. The van der Waals surface area contributed by atoms with Crippen molar-refractivity contribution in [2.45, 2.75) is 30.7 Å². The highest BCUT2D eigenvalue weighted by Crippen LogP contribution is 2.14. The third kappa shape index (κ3) is 4.38. The number of aromatic amines is 1. The second kappa shape index (κ2) is 6.84. The van der Waals surface area contributed by atoms with Gasteiger partial charge >= 0.3 is 0 Å². The van der Waals surface area contributed by atoms with Crippen molar-refractivity contribution < 1.29 is 8.42 Å². The van der Waals surface area contributed by atoms with Gasteiger partial charge in [0.15, 0.2) is 0 Å². The van der Waals surface area contributed by atoms with Crippen molar-refractivity contribution in [3.8, 4) is 0 Å². The van der Waals surface area contributed by atoms with Crippen molar-refractivity contribution >= 4 is 10.0 Å². The van der Waals surface area contributed by atoms with Gasteiger partial charge < -0.3 is 10.7 Å². The molecule has 0 fully saturated rings. The minimum absolute atomic E-state index is 0.108. The molecule has 0 bridgehead atoms. The molecule has 2 aromatic rings. The lowest BCUT2D eigenvalue weighted by Crippen LogP contribution is -2.25. The number of aromatic nitrogens is 2. The average Bonchev–Trinajstić information content (AvgIpc) is 2.97. The maximum atomic E-state index is 12.1. The number of sulfonamides is 1. The van der Waals surface area contributed by atoms with E-state index < -0.39 is 10.0 Å². The zero-order chi connectivity index (χ0) is 15.3. The molecule has 7 heteroatoms. The van der Waals surface area contributed by atoms with Crippen molar-refractivity contribution in [3.63, 3.8) is 0 Å². The molecule has 0 aliphatic rings. The summed E-state index contributed by atoms with van der Waals surface area (Å²) in [6, 6.07) is 6.52. The Morgan fingerprint density at radius 2 is 2.05 bits per heavy atom. The van der Waals surface area contributed by atoms with E-state index >= 15 is 0 Å². The maximum Gasteiger partial charge on any atom is 0.240 e. The zero-order valence-corrected chi connectivity index (χ0v) is 12.7. The quantitative estimate of drug-likeness (QED) is 0.672. The van der Waals surface area contributed by atoms with Gasteiger partial charge in [0, 0.05) is 31.4 Å².